The highest BCUT2D eigenvalue weighted by molar-refractivity contribution is 6.01. The molecule has 4 saturated carbocycles. The number of aromatic nitrogens is 3. The summed E-state index contributed by atoms with van der Waals surface area (Å²) >= 11 is 0. The highest BCUT2D eigenvalue weighted by atomic mass is 16.5. The number of ketones is 1. The zero-order valence-corrected chi connectivity index (χ0v) is 37.3. The van der Waals surface area contributed by atoms with E-state index < -0.39 is 22.8 Å². The Morgan fingerprint density at radius 3 is 2.34 bits per heavy atom. The first-order valence-corrected chi connectivity index (χ1v) is 21.9. The average Bonchev–Trinajstić information content (AvgIpc) is 3.76. The van der Waals surface area contributed by atoms with Crippen LogP contribution in [0.15, 0.2) is 33.9 Å². The summed E-state index contributed by atoms with van der Waals surface area (Å²) in [5, 5.41) is 28.5. The molecule has 0 unspecified atom stereocenters. The molecular formula is C47H66N6O6. The van der Waals surface area contributed by atoms with Gasteiger partial charge in [-0.1, -0.05) is 53.6 Å². The summed E-state index contributed by atoms with van der Waals surface area (Å²) in [7, 11) is 4.02. The van der Waals surface area contributed by atoms with Crippen LogP contribution in [0.25, 0.3) is 0 Å². The highest BCUT2D eigenvalue weighted by Crippen LogP contribution is 2.77. The van der Waals surface area contributed by atoms with Gasteiger partial charge in [-0.25, -0.2) is 4.98 Å². The Balaban J connectivity index is 1.21. The Morgan fingerprint density at radius 1 is 0.983 bits per heavy atom. The maximum absolute atomic E-state index is 14.4. The molecule has 12 nitrogen and oxygen atoms in total. The van der Waals surface area contributed by atoms with Crippen LogP contribution in [-0.4, -0.2) is 76.2 Å². The van der Waals surface area contributed by atoms with Crippen molar-refractivity contribution >= 4 is 29.6 Å². The van der Waals surface area contributed by atoms with Gasteiger partial charge in [-0.05, 0) is 143 Å². The summed E-state index contributed by atoms with van der Waals surface area (Å²) in [6, 6.07) is 6.03. The second kappa shape index (κ2) is 14.8. The first-order chi connectivity index (χ1) is 27.6. The van der Waals surface area contributed by atoms with E-state index in [4.69, 9.17) is 14.3 Å². The third-order valence-electron chi connectivity index (χ3n) is 16.8. The monoisotopic (exact) mass is 811 g/mol. The lowest BCUT2D eigenvalue weighted by molar-refractivity contribution is -0.232. The molecule has 2 aromatic rings. The molecule has 59 heavy (non-hydrogen) atoms. The molecule has 0 spiro atoms. The highest BCUT2D eigenvalue weighted by Gasteiger charge is 2.71. The fourth-order valence-electron chi connectivity index (χ4n) is 13.4. The van der Waals surface area contributed by atoms with E-state index in [2.05, 4.69) is 69.5 Å². The van der Waals surface area contributed by atoms with Crippen LogP contribution in [0.2, 0.25) is 0 Å². The van der Waals surface area contributed by atoms with Crippen molar-refractivity contribution in [1.29, 1.82) is 5.26 Å². The van der Waals surface area contributed by atoms with Gasteiger partial charge in [-0.15, -0.1) is 5.10 Å². The molecule has 12 heteroatoms. The van der Waals surface area contributed by atoms with Gasteiger partial charge >= 0.3 is 18.0 Å². The Labute approximate surface area is 350 Å². The van der Waals surface area contributed by atoms with Crippen molar-refractivity contribution in [3.8, 4) is 6.07 Å². The molecule has 8 atom stereocenters. The molecule has 0 radical (unpaired) electrons. The summed E-state index contributed by atoms with van der Waals surface area (Å²) in [5.41, 5.74) is 0.505. The van der Waals surface area contributed by atoms with Crippen molar-refractivity contribution in [2.45, 2.75) is 138 Å². The molecule has 0 bridgehead atoms. The van der Waals surface area contributed by atoms with Gasteiger partial charge in [0.2, 0.25) is 5.89 Å². The van der Waals surface area contributed by atoms with E-state index in [1.165, 1.54) is 5.57 Å². The van der Waals surface area contributed by atoms with Gasteiger partial charge in [0.15, 0.2) is 5.78 Å². The Bertz CT molecular complexity index is 2060. The number of carboxylic acids is 1. The third kappa shape index (κ3) is 6.72. The number of hydrogen-bond donors (Lipinski definition) is 1. The molecule has 320 valence electrons. The van der Waals surface area contributed by atoms with E-state index in [-0.39, 0.29) is 51.8 Å². The lowest BCUT2D eigenvalue weighted by Gasteiger charge is -2.72. The number of allylic oxidation sites excluding steroid dienone is 2. The van der Waals surface area contributed by atoms with Gasteiger partial charge in [-0.2, -0.15) is 5.26 Å². The summed E-state index contributed by atoms with van der Waals surface area (Å²) in [6.07, 6.45) is 8.99. The van der Waals surface area contributed by atoms with Gasteiger partial charge in [0.25, 0.3) is 0 Å². The van der Waals surface area contributed by atoms with Gasteiger partial charge in [0, 0.05) is 31.1 Å². The SMILES string of the molecule is CC(C)C1=C2[C@H]3CC[C@@H]4[C@@]5(C)CC[C@H](OC(=O)CC(C)(C)C(=O)O)C(C)(C)[C@@H]5CC[C@@]4(C)[C@]3(C)CC[C@@]2(c2nnc(N(CCN(C)C)c3ccc(C#N)cn3)o2)CC1=O. The second-order valence-corrected chi connectivity index (χ2v) is 21.3. The Kier molecular flexibility index (Phi) is 10.8. The smallest absolute Gasteiger partial charge is 0.324 e. The number of carboxylic acid groups (broad SMARTS) is 1. The van der Waals surface area contributed by atoms with E-state index in [0.29, 0.717) is 54.6 Å². The number of fused-ring (bicyclic) bond motifs is 7. The van der Waals surface area contributed by atoms with Crippen LogP contribution in [0.1, 0.15) is 138 Å². The van der Waals surface area contributed by atoms with Crippen LogP contribution in [0.3, 0.4) is 0 Å². The molecule has 5 aliphatic rings. The molecule has 7 rings (SSSR count). The number of nitriles is 1. The molecule has 0 aliphatic heterocycles. The van der Waals surface area contributed by atoms with Crippen molar-refractivity contribution in [1.82, 2.24) is 20.1 Å². The molecule has 0 saturated heterocycles. The molecule has 2 heterocycles. The number of ether oxygens (including phenoxy) is 1. The van der Waals surface area contributed by atoms with Gasteiger partial charge in [0.05, 0.1) is 22.8 Å². The minimum absolute atomic E-state index is 0.00337. The number of hydrogen-bond acceptors (Lipinski definition) is 11. The van der Waals surface area contributed by atoms with Crippen LogP contribution in [-0.2, 0) is 24.5 Å². The fraction of sp³-hybridized carbons (Fsp3) is 0.723. The number of esters is 1. The van der Waals surface area contributed by atoms with E-state index in [1.807, 2.05) is 19.0 Å². The lowest BCUT2D eigenvalue weighted by Crippen LogP contribution is -2.66. The molecular weight excluding hydrogens is 745 g/mol. The van der Waals surface area contributed by atoms with Crippen LogP contribution in [0.5, 0.6) is 0 Å². The average molecular weight is 811 g/mol. The van der Waals surface area contributed by atoms with Crippen molar-refractivity contribution < 1.29 is 28.6 Å². The minimum atomic E-state index is -1.18. The molecule has 4 fully saturated rings. The molecule has 1 N–H and O–H groups in total. The number of rotatable bonds is 11. The van der Waals surface area contributed by atoms with Crippen LogP contribution in [0, 0.1) is 62.1 Å². The first-order valence-electron chi connectivity index (χ1n) is 21.9. The molecule has 2 aromatic heterocycles. The van der Waals surface area contributed by atoms with Crippen molar-refractivity contribution in [2.75, 3.05) is 32.1 Å². The summed E-state index contributed by atoms with van der Waals surface area (Å²) in [5.74, 6) is 0.925. The van der Waals surface area contributed by atoms with Crippen molar-refractivity contribution in [3.63, 3.8) is 0 Å². The fourth-order valence-corrected chi connectivity index (χ4v) is 13.4. The zero-order chi connectivity index (χ0) is 43.1. The first kappa shape index (κ1) is 43.0. The minimum Gasteiger partial charge on any atom is -0.481 e. The van der Waals surface area contributed by atoms with Crippen molar-refractivity contribution in [2.24, 2.45) is 50.7 Å². The van der Waals surface area contributed by atoms with E-state index >= 15 is 0 Å². The molecule has 0 aromatic carbocycles. The Morgan fingerprint density at radius 2 is 1.71 bits per heavy atom. The Hall–Kier alpha value is -4.11. The summed E-state index contributed by atoms with van der Waals surface area (Å²) in [6.45, 7) is 20.8. The van der Waals surface area contributed by atoms with Crippen molar-refractivity contribution in [3.05, 3.63) is 40.9 Å². The lowest BCUT2D eigenvalue weighted by atomic mass is 9.33. The molecule has 5 aliphatic carbocycles. The normalized spacial score (nSPS) is 33.8. The maximum atomic E-state index is 14.4. The van der Waals surface area contributed by atoms with Crippen LogP contribution in [0.4, 0.5) is 11.8 Å². The molecule has 0 amide bonds. The van der Waals surface area contributed by atoms with E-state index in [9.17, 15) is 24.8 Å². The number of carbonyl (C=O) groups is 3. The second-order valence-electron chi connectivity index (χ2n) is 21.3. The predicted octanol–water partition coefficient (Wildman–Crippen LogP) is 8.68. The number of aliphatic carboxylic acids is 1. The number of nitrogens with zero attached hydrogens (tertiary/aromatic N) is 6. The van der Waals surface area contributed by atoms with E-state index in [0.717, 1.165) is 56.9 Å². The number of Topliss-reactive ketones (excluding diaryl/α,β-unsaturated/α-hetero) is 1. The third-order valence-corrected chi connectivity index (χ3v) is 16.8. The number of carbonyl (C=O) groups excluding carboxylic acids is 2. The zero-order valence-electron chi connectivity index (χ0n) is 37.3. The quantitative estimate of drug-likeness (QED) is 0.215. The van der Waals surface area contributed by atoms with Gasteiger partial charge in [-0.3, -0.25) is 19.3 Å². The number of anilines is 2. The number of pyridine rings is 1. The van der Waals surface area contributed by atoms with Gasteiger partial charge < -0.3 is 19.2 Å². The summed E-state index contributed by atoms with van der Waals surface area (Å²) < 4.78 is 13.0. The maximum Gasteiger partial charge on any atom is 0.324 e. The predicted molar refractivity (Wildman–Crippen MR) is 223 cm³/mol. The van der Waals surface area contributed by atoms with Gasteiger partial charge in [0.1, 0.15) is 18.0 Å². The summed E-state index contributed by atoms with van der Waals surface area (Å²) in [4.78, 5) is 47.9. The van der Waals surface area contributed by atoms with Crippen LogP contribution >= 0.6 is 0 Å². The van der Waals surface area contributed by atoms with Crippen LogP contribution < -0.4 is 4.90 Å². The topological polar surface area (TPSA) is 163 Å². The van der Waals surface area contributed by atoms with E-state index in [1.54, 1.807) is 32.2 Å². The largest absolute Gasteiger partial charge is 0.481 e. The number of likely N-dealkylation sites (N-methyl/N-ethyl adjacent to an activating group) is 1. The standard InChI is InChI=1S/C47H66N6O6/c1-28(2)37-31(54)24-47(39-50-51-41(59-39)53(23-22-52(10)11)35-15-12-29(26-48)27-49-35)21-20-45(8)30(38(37)47)13-14-33-44(7)18-17-34(58-36(55)25-42(3,4)40(56)57)43(5,6)32(44)16-19-46(33,45)9/h12,15,27-28,30,32-34H,13-14,16-25H2,1-11H3,(H,56,57)/t30-,32+,33-,34+,44+,45-,46-,47-/m1/s1.